The predicted molar refractivity (Wildman–Crippen MR) is 64.1 cm³/mol. The van der Waals surface area contributed by atoms with E-state index >= 15 is 0 Å². The highest BCUT2D eigenvalue weighted by molar-refractivity contribution is 5.80. The second-order valence-electron chi connectivity index (χ2n) is 5.09. The molecule has 0 bridgehead atoms. The fourth-order valence-corrected chi connectivity index (χ4v) is 2.46. The quantitative estimate of drug-likeness (QED) is 0.713. The molecule has 1 saturated heterocycles. The molecule has 0 radical (unpaired) electrons. The molecule has 4 nitrogen and oxygen atoms in total. The van der Waals surface area contributed by atoms with Gasteiger partial charge >= 0.3 is 5.97 Å². The first-order valence-electron chi connectivity index (χ1n) is 6.09. The van der Waals surface area contributed by atoms with Gasteiger partial charge in [0.15, 0.2) is 0 Å². The van der Waals surface area contributed by atoms with Crippen molar-refractivity contribution in [3.8, 4) is 0 Å². The highest BCUT2D eigenvalue weighted by Gasteiger charge is 2.34. The largest absolute Gasteiger partial charge is 0.468 e. The van der Waals surface area contributed by atoms with E-state index in [1.165, 1.54) is 26.4 Å². The summed E-state index contributed by atoms with van der Waals surface area (Å²) >= 11 is 0. The fourth-order valence-electron chi connectivity index (χ4n) is 2.46. The summed E-state index contributed by atoms with van der Waals surface area (Å²) in [5.74, 6) is 0.449. The monoisotopic (exact) mass is 228 g/mol. The van der Waals surface area contributed by atoms with Crippen LogP contribution in [0.5, 0.6) is 0 Å². The van der Waals surface area contributed by atoms with Crippen molar-refractivity contribution < 1.29 is 9.53 Å². The van der Waals surface area contributed by atoms with Crippen LogP contribution < -0.4 is 5.73 Å². The van der Waals surface area contributed by atoms with Crippen molar-refractivity contribution >= 4 is 5.97 Å². The average molecular weight is 228 g/mol. The normalized spacial score (nSPS) is 25.4. The molecular weight excluding hydrogens is 204 g/mol. The minimum absolute atomic E-state index is 0.327. The summed E-state index contributed by atoms with van der Waals surface area (Å²) in [6.07, 6.45) is 3.73. The topological polar surface area (TPSA) is 55.6 Å². The van der Waals surface area contributed by atoms with E-state index in [9.17, 15) is 4.79 Å². The Morgan fingerprint density at radius 2 is 2.31 bits per heavy atom. The Morgan fingerprint density at radius 3 is 2.88 bits per heavy atom. The highest BCUT2D eigenvalue weighted by Crippen LogP contribution is 2.22. The van der Waals surface area contributed by atoms with E-state index in [1.807, 2.05) is 0 Å². The van der Waals surface area contributed by atoms with Gasteiger partial charge in [-0.05, 0) is 32.2 Å². The second kappa shape index (κ2) is 5.64. The Bertz CT molecular complexity index is 241. The summed E-state index contributed by atoms with van der Waals surface area (Å²) < 4.78 is 4.71. The summed E-state index contributed by atoms with van der Waals surface area (Å²) in [6.45, 7) is 6.67. The van der Waals surface area contributed by atoms with Gasteiger partial charge < -0.3 is 15.4 Å². The number of rotatable bonds is 5. The van der Waals surface area contributed by atoms with Gasteiger partial charge in [0.25, 0.3) is 0 Å². The molecule has 1 aliphatic heterocycles. The lowest BCUT2D eigenvalue weighted by molar-refractivity contribution is -0.147. The molecule has 0 aromatic carbocycles. The third kappa shape index (κ3) is 3.46. The molecule has 1 heterocycles. The number of ether oxygens (including phenoxy) is 1. The van der Waals surface area contributed by atoms with Gasteiger partial charge in [0.2, 0.25) is 0 Å². The van der Waals surface area contributed by atoms with E-state index < -0.39 is 5.54 Å². The van der Waals surface area contributed by atoms with Gasteiger partial charge in [-0.1, -0.05) is 13.3 Å². The maximum atomic E-state index is 11.5. The average Bonchev–Trinajstić information content (AvgIpc) is 2.64. The first-order valence-corrected chi connectivity index (χ1v) is 6.09. The third-order valence-electron chi connectivity index (χ3n) is 3.27. The highest BCUT2D eigenvalue weighted by atomic mass is 16.5. The lowest BCUT2D eigenvalue weighted by Crippen LogP contribution is -2.53. The van der Waals surface area contributed by atoms with Crippen molar-refractivity contribution in [1.29, 1.82) is 0 Å². The van der Waals surface area contributed by atoms with E-state index in [0.717, 1.165) is 19.0 Å². The van der Waals surface area contributed by atoms with Crippen LogP contribution in [-0.4, -0.2) is 43.2 Å². The van der Waals surface area contributed by atoms with Gasteiger partial charge in [0.05, 0.1) is 7.11 Å². The Morgan fingerprint density at radius 1 is 1.62 bits per heavy atom. The molecule has 2 unspecified atom stereocenters. The van der Waals surface area contributed by atoms with E-state index in [1.54, 1.807) is 6.92 Å². The van der Waals surface area contributed by atoms with Gasteiger partial charge in [-0.3, -0.25) is 4.79 Å². The lowest BCUT2D eigenvalue weighted by atomic mass is 10.0. The number of nitrogens with zero attached hydrogens (tertiary/aromatic N) is 1. The minimum Gasteiger partial charge on any atom is -0.468 e. The molecule has 0 aliphatic carbocycles. The van der Waals surface area contributed by atoms with Gasteiger partial charge in [-0.25, -0.2) is 0 Å². The van der Waals surface area contributed by atoms with E-state index in [4.69, 9.17) is 10.5 Å². The number of hydrogen-bond acceptors (Lipinski definition) is 4. The standard InChI is InChI=1S/C12H24N2O2/c1-4-5-10-6-7-14(8-10)9-12(2,13)11(15)16-3/h10H,4-9,13H2,1-3H3. The van der Waals surface area contributed by atoms with E-state index in [-0.39, 0.29) is 5.97 Å². The van der Waals surface area contributed by atoms with Crippen molar-refractivity contribution in [2.45, 2.75) is 38.6 Å². The molecule has 0 saturated carbocycles. The molecule has 94 valence electrons. The van der Waals surface area contributed by atoms with Gasteiger partial charge in [-0.2, -0.15) is 0 Å². The molecule has 4 heteroatoms. The summed E-state index contributed by atoms with van der Waals surface area (Å²) in [4.78, 5) is 13.7. The first-order chi connectivity index (χ1) is 7.49. The number of likely N-dealkylation sites (tertiary alicyclic amines) is 1. The maximum Gasteiger partial charge on any atom is 0.326 e. The fraction of sp³-hybridized carbons (Fsp3) is 0.917. The molecule has 2 N–H and O–H groups in total. The Balaban J connectivity index is 2.41. The maximum absolute atomic E-state index is 11.5. The zero-order valence-corrected chi connectivity index (χ0v) is 10.7. The summed E-state index contributed by atoms with van der Waals surface area (Å²) in [5.41, 5.74) is 5.07. The van der Waals surface area contributed by atoms with Crippen molar-refractivity contribution in [1.82, 2.24) is 4.90 Å². The summed E-state index contributed by atoms with van der Waals surface area (Å²) in [6, 6.07) is 0. The van der Waals surface area contributed by atoms with Crippen molar-refractivity contribution in [3.05, 3.63) is 0 Å². The number of carbonyl (C=O) groups is 1. The summed E-state index contributed by atoms with van der Waals surface area (Å²) in [7, 11) is 1.39. The molecule has 1 rings (SSSR count). The number of nitrogens with two attached hydrogens (primary N) is 1. The zero-order valence-electron chi connectivity index (χ0n) is 10.7. The number of hydrogen-bond donors (Lipinski definition) is 1. The Kier molecular flexibility index (Phi) is 4.74. The van der Waals surface area contributed by atoms with Gasteiger partial charge in [0, 0.05) is 13.1 Å². The van der Waals surface area contributed by atoms with Crippen LogP contribution >= 0.6 is 0 Å². The first kappa shape index (κ1) is 13.5. The molecule has 0 spiro atoms. The molecule has 16 heavy (non-hydrogen) atoms. The predicted octanol–water partition coefficient (Wildman–Crippen LogP) is 0.999. The third-order valence-corrected chi connectivity index (χ3v) is 3.27. The van der Waals surface area contributed by atoms with Crippen molar-refractivity contribution in [2.75, 3.05) is 26.7 Å². The molecular formula is C12H24N2O2. The SMILES string of the molecule is CCCC1CCN(CC(C)(N)C(=O)OC)C1. The second-order valence-corrected chi connectivity index (χ2v) is 5.09. The smallest absolute Gasteiger partial charge is 0.326 e. The molecule has 2 atom stereocenters. The Hall–Kier alpha value is -0.610. The van der Waals surface area contributed by atoms with Crippen LogP contribution in [0.15, 0.2) is 0 Å². The van der Waals surface area contributed by atoms with Crippen LogP contribution in [0.25, 0.3) is 0 Å². The van der Waals surface area contributed by atoms with Crippen LogP contribution in [0.1, 0.15) is 33.1 Å². The van der Waals surface area contributed by atoms with Gasteiger partial charge in [-0.15, -0.1) is 0 Å². The molecule has 0 amide bonds. The van der Waals surface area contributed by atoms with E-state index in [0.29, 0.717) is 6.54 Å². The van der Waals surface area contributed by atoms with E-state index in [2.05, 4.69) is 11.8 Å². The van der Waals surface area contributed by atoms with Crippen LogP contribution in [0.4, 0.5) is 0 Å². The number of carbonyl (C=O) groups excluding carboxylic acids is 1. The molecule has 0 aromatic heterocycles. The van der Waals surface area contributed by atoms with Crippen LogP contribution in [0.3, 0.4) is 0 Å². The van der Waals surface area contributed by atoms with Crippen LogP contribution in [-0.2, 0) is 9.53 Å². The zero-order chi connectivity index (χ0) is 12.2. The summed E-state index contributed by atoms with van der Waals surface area (Å²) in [5, 5.41) is 0. The number of methoxy groups -OCH3 is 1. The van der Waals surface area contributed by atoms with Crippen molar-refractivity contribution in [2.24, 2.45) is 11.7 Å². The van der Waals surface area contributed by atoms with Crippen LogP contribution in [0.2, 0.25) is 0 Å². The molecule has 0 aromatic rings. The van der Waals surface area contributed by atoms with Gasteiger partial charge in [0.1, 0.15) is 5.54 Å². The molecule has 1 aliphatic rings. The Labute approximate surface area is 98.1 Å². The van der Waals surface area contributed by atoms with Crippen LogP contribution in [0, 0.1) is 5.92 Å². The van der Waals surface area contributed by atoms with Crippen molar-refractivity contribution in [3.63, 3.8) is 0 Å². The number of esters is 1. The molecule has 1 fully saturated rings. The lowest BCUT2D eigenvalue weighted by Gasteiger charge is -2.27. The minimum atomic E-state index is -0.879.